The first-order chi connectivity index (χ1) is 14.3. The molecule has 0 bridgehead atoms. The van der Waals surface area contributed by atoms with Crippen LogP contribution in [-0.4, -0.2) is 11.5 Å². The van der Waals surface area contributed by atoms with E-state index in [1.165, 1.54) is 11.1 Å². The molecule has 29 heavy (non-hydrogen) atoms. The molecule has 0 unspecified atom stereocenters. The predicted octanol–water partition coefficient (Wildman–Crippen LogP) is 4.92. The Morgan fingerprint density at radius 1 is 0.793 bits per heavy atom. The van der Waals surface area contributed by atoms with Gasteiger partial charge in [0.1, 0.15) is 0 Å². The zero-order chi connectivity index (χ0) is 20.1. The van der Waals surface area contributed by atoms with Gasteiger partial charge < -0.3 is 10.7 Å². The highest BCUT2D eigenvalue weighted by Crippen LogP contribution is 2.37. The molecule has 0 fully saturated rings. The van der Waals surface area contributed by atoms with Gasteiger partial charge in [0, 0.05) is 28.6 Å². The molecule has 0 atom stereocenters. The molecule has 0 aliphatic heterocycles. The van der Waals surface area contributed by atoms with E-state index >= 15 is 0 Å². The second kappa shape index (κ2) is 8.34. The van der Waals surface area contributed by atoms with Gasteiger partial charge in [0.05, 0.1) is 12.5 Å². The zero-order valence-corrected chi connectivity index (χ0v) is 16.4. The zero-order valence-electron chi connectivity index (χ0n) is 16.4. The summed E-state index contributed by atoms with van der Waals surface area (Å²) in [5.74, 6) is 0. The molecule has 4 rings (SSSR count). The molecule has 1 aromatic heterocycles. The fraction of sp³-hybridized carbons (Fsp3) is 0.192. The summed E-state index contributed by atoms with van der Waals surface area (Å²) in [4.78, 5) is 3.65. The summed E-state index contributed by atoms with van der Waals surface area (Å²) in [6.07, 6.45) is 1.99. The second-order valence-corrected chi connectivity index (χ2v) is 7.67. The van der Waals surface area contributed by atoms with Crippen LogP contribution in [-0.2, 0) is 24.7 Å². The number of para-hydroxylation sites is 1. The van der Waals surface area contributed by atoms with E-state index in [1.807, 2.05) is 24.3 Å². The van der Waals surface area contributed by atoms with E-state index in [1.54, 1.807) is 0 Å². The van der Waals surface area contributed by atoms with Crippen LogP contribution < -0.4 is 5.73 Å². The molecule has 3 aromatic carbocycles. The molecule has 3 N–H and O–H groups in total. The standard InChI is InChI=1S/C26H25N3/c27-16-15-23-22-13-7-8-14-24(22)29-25(23)26(19-28,17-20-9-3-1-4-10-20)18-21-11-5-2-6-12-21/h1-14,29H,15,17-19,28H2. The lowest BCUT2D eigenvalue weighted by atomic mass is 9.72. The first-order valence-electron chi connectivity index (χ1n) is 10.0. The third-order valence-electron chi connectivity index (χ3n) is 5.76. The number of benzene rings is 3. The van der Waals surface area contributed by atoms with Crippen molar-refractivity contribution in [1.29, 1.82) is 5.26 Å². The first kappa shape index (κ1) is 19.0. The smallest absolute Gasteiger partial charge is 0.0670 e. The Kier molecular flexibility index (Phi) is 5.46. The Bertz CT molecular complexity index is 1080. The van der Waals surface area contributed by atoms with Gasteiger partial charge in [0.15, 0.2) is 0 Å². The number of nitrogens with one attached hydrogen (secondary N) is 1. The number of aromatic nitrogens is 1. The van der Waals surface area contributed by atoms with E-state index in [-0.39, 0.29) is 5.41 Å². The van der Waals surface area contributed by atoms with Crippen molar-refractivity contribution in [3.63, 3.8) is 0 Å². The number of hydrogen-bond acceptors (Lipinski definition) is 2. The summed E-state index contributed by atoms with van der Waals surface area (Å²) >= 11 is 0. The fourth-order valence-corrected chi connectivity index (χ4v) is 4.37. The third kappa shape index (κ3) is 3.81. The molecule has 4 aromatic rings. The average Bonchev–Trinajstić information content (AvgIpc) is 3.14. The number of H-pyrrole nitrogens is 1. The lowest BCUT2D eigenvalue weighted by Crippen LogP contribution is -2.41. The van der Waals surface area contributed by atoms with Crippen molar-refractivity contribution in [2.24, 2.45) is 5.73 Å². The number of aromatic amines is 1. The van der Waals surface area contributed by atoms with Crippen LogP contribution >= 0.6 is 0 Å². The second-order valence-electron chi connectivity index (χ2n) is 7.67. The summed E-state index contributed by atoms with van der Waals surface area (Å²) in [6, 6.07) is 31.6. The van der Waals surface area contributed by atoms with E-state index in [4.69, 9.17) is 5.73 Å². The van der Waals surface area contributed by atoms with Crippen molar-refractivity contribution in [3.05, 3.63) is 107 Å². The van der Waals surface area contributed by atoms with Crippen LogP contribution in [0.2, 0.25) is 0 Å². The Labute approximate surface area is 171 Å². The highest BCUT2D eigenvalue weighted by atomic mass is 14.8. The highest BCUT2D eigenvalue weighted by Gasteiger charge is 2.35. The minimum atomic E-state index is -0.325. The summed E-state index contributed by atoms with van der Waals surface area (Å²) in [5, 5.41) is 10.7. The number of nitriles is 1. The molecule has 0 radical (unpaired) electrons. The average molecular weight is 380 g/mol. The van der Waals surface area contributed by atoms with Crippen molar-refractivity contribution in [3.8, 4) is 6.07 Å². The molecular formula is C26H25N3. The summed E-state index contributed by atoms with van der Waals surface area (Å²) < 4.78 is 0. The van der Waals surface area contributed by atoms with Crippen LogP contribution in [0.1, 0.15) is 22.4 Å². The number of rotatable bonds is 7. The maximum absolute atomic E-state index is 9.54. The van der Waals surface area contributed by atoms with Crippen molar-refractivity contribution in [2.75, 3.05) is 6.54 Å². The number of nitrogens with two attached hydrogens (primary N) is 1. The van der Waals surface area contributed by atoms with Crippen molar-refractivity contribution < 1.29 is 0 Å². The van der Waals surface area contributed by atoms with Gasteiger partial charge in [-0.15, -0.1) is 0 Å². The molecule has 3 nitrogen and oxygen atoms in total. The minimum absolute atomic E-state index is 0.325. The monoisotopic (exact) mass is 379 g/mol. The highest BCUT2D eigenvalue weighted by molar-refractivity contribution is 5.85. The van der Waals surface area contributed by atoms with E-state index in [9.17, 15) is 5.26 Å². The fourth-order valence-electron chi connectivity index (χ4n) is 4.37. The van der Waals surface area contributed by atoms with E-state index in [2.05, 4.69) is 71.7 Å². The van der Waals surface area contributed by atoms with Gasteiger partial charge in [-0.2, -0.15) is 5.26 Å². The van der Waals surface area contributed by atoms with Crippen LogP contribution in [0, 0.1) is 11.3 Å². The Hall–Kier alpha value is -3.35. The SMILES string of the molecule is N#CCc1c(C(CN)(Cc2ccccc2)Cc2ccccc2)[nH]c2ccccc12. The molecule has 0 amide bonds. The van der Waals surface area contributed by atoms with Gasteiger partial charge in [0.25, 0.3) is 0 Å². The largest absolute Gasteiger partial charge is 0.358 e. The van der Waals surface area contributed by atoms with Gasteiger partial charge in [-0.25, -0.2) is 0 Å². The molecule has 0 saturated carbocycles. The van der Waals surface area contributed by atoms with E-state index in [0.29, 0.717) is 13.0 Å². The van der Waals surface area contributed by atoms with E-state index < -0.39 is 0 Å². The third-order valence-corrected chi connectivity index (χ3v) is 5.76. The van der Waals surface area contributed by atoms with Crippen LogP contribution in [0.25, 0.3) is 10.9 Å². The molecular weight excluding hydrogens is 354 g/mol. The van der Waals surface area contributed by atoms with Crippen LogP contribution in [0.4, 0.5) is 0 Å². The van der Waals surface area contributed by atoms with E-state index in [0.717, 1.165) is 35.0 Å². The molecule has 144 valence electrons. The molecule has 0 aliphatic carbocycles. The maximum Gasteiger partial charge on any atom is 0.0670 e. The lowest BCUT2D eigenvalue weighted by molar-refractivity contribution is 0.418. The van der Waals surface area contributed by atoms with Crippen molar-refractivity contribution in [1.82, 2.24) is 4.98 Å². The maximum atomic E-state index is 9.54. The summed E-state index contributed by atoms with van der Waals surface area (Å²) in [7, 11) is 0. The van der Waals surface area contributed by atoms with Crippen LogP contribution in [0.3, 0.4) is 0 Å². The van der Waals surface area contributed by atoms with Gasteiger partial charge in [-0.1, -0.05) is 78.9 Å². The Balaban J connectivity index is 1.91. The van der Waals surface area contributed by atoms with Crippen molar-refractivity contribution in [2.45, 2.75) is 24.7 Å². The molecule has 3 heteroatoms. The lowest BCUT2D eigenvalue weighted by Gasteiger charge is -2.33. The quantitative estimate of drug-likeness (QED) is 0.479. The van der Waals surface area contributed by atoms with Crippen molar-refractivity contribution >= 4 is 10.9 Å². The van der Waals surface area contributed by atoms with Gasteiger partial charge in [0.2, 0.25) is 0 Å². The number of hydrogen-bond donors (Lipinski definition) is 2. The van der Waals surface area contributed by atoms with Gasteiger partial charge in [-0.05, 0) is 35.6 Å². The predicted molar refractivity (Wildman–Crippen MR) is 119 cm³/mol. The molecule has 0 aliphatic rings. The number of fused-ring (bicyclic) bond motifs is 1. The summed E-state index contributed by atoms with van der Waals surface area (Å²) in [5.41, 5.74) is 11.9. The van der Waals surface area contributed by atoms with Gasteiger partial charge in [-0.3, -0.25) is 0 Å². The molecule has 0 saturated heterocycles. The molecule has 0 spiro atoms. The minimum Gasteiger partial charge on any atom is -0.358 e. The topological polar surface area (TPSA) is 65.6 Å². The van der Waals surface area contributed by atoms with Crippen LogP contribution in [0.5, 0.6) is 0 Å². The molecule has 1 heterocycles. The normalized spacial score (nSPS) is 11.4. The van der Waals surface area contributed by atoms with Crippen LogP contribution in [0.15, 0.2) is 84.9 Å². The van der Waals surface area contributed by atoms with Gasteiger partial charge >= 0.3 is 0 Å². The summed E-state index contributed by atoms with van der Waals surface area (Å²) in [6.45, 7) is 0.488. The first-order valence-corrected chi connectivity index (χ1v) is 10.0. The number of nitrogens with zero attached hydrogens (tertiary/aromatic N) is 1. The Morgan fingerprint density at radius 3 is 1.90 bits per heavy atom. The Morgan fingerprint density at radius 2 is 1.34 bits per heavy atom.